The molecule has 2 heterocycles. The smallest absolute Gasteiger partial charge is 0.209 e. The number of nitrogens with zero attached hydrogens (tertiary/aromatic N) is 3. The average Bonchev–Trinajstić information content (AvgIpc) is 3.68. The fourth-order valence-electron chi connectivity index (χ4n) is 8.19. The number of para-hydroxylation sites is 2. The number of benzene rings is 4. The van der Waals surface area contributed by atoms with E-state index in [4.69, 9.17) is 0 Å². The molecule has 3 heteroatoms. The van der Waals surface area contributed by atoms with E-state index >= 15 is 0 Å². The van der Waals surface area contributed by atoms with Crippen molar-refractivity contribution < 1.29 is 4.58 Å². The largest absolute Gasteiger partial charge is 0.344 e. The van der Waals surface area contributed by atoms with Crippen LogP contribution < -0.4 is 9.80 Å². The molecule has 50 heavy (non-hydrogen) atoms. The van der Waals surface area contributed by atoms with Gasteiger partial charge < -0.3 is 9.80 Å². The Labute approximate surface area is 299 Å². The quantitative estimate of drug-likeness (QED) is 0.175. The van der Waals surface area contributed by atoms with E-state index in [9.17, 15) is 0 Å². The standard InChI is InChI=1S/C47H50N3/c1-9-48-41-27-21-33(3)31-39(41)46(5,6)43(48)29-25-35-23-24-36(45(35)50(37-17-13-11-14-18-37)38-19-15-12-16-20-38)26-30-44-47(7,8)40-32-34(4)22-28-42(40)49(44)10-2/h11-32H,9-10H2,1-8H3/q+1. The summed E-state index contributed by atoms with van der Waals surface area (Å²) in [4.78, 5) is 4.90. The van der Waals surface area contributed by atoms with Gasteiger partial charge in [-0.1, -0.05) is 97.8 Å². The zero-order valence-corrected chi connectivity index (χ0v) is 31.0. The van der Waals surface area contributed by atoms with E-state index in [2.05, 4.69) is 203 Å². The molecule has 0 saturated heterocycles. The van der Waals surface area contributed by atoms with Gasteiger partial charge in [0.25, 0.3) is 0 Å². The minimum Gasteiger partial charge on any atom is -0.344 e. The normalized spacial score (nSPS) is 19.0. The van der Waals surface area contributed by atoms with Gasteiger partial charge >= 0.3 is 0 Å². The highest BCUT2D eigenvalue weighted by molar-refractivity contribution is 6.03. The summed E-state index contributed by atoms with van der Waals surface area (Å²) in [6.45, 7) is 20.2. The number of hydrogen-bond acceptors (Lipinski definition) is 2. The molecule has 3 aliphatic rings. The molecule has 0 saturated carbocycles. The third-order valence-corrected chi connectivity index (χ3v) is 10.8. The van der Waals surface area contributed by atoms with Gasteiger partial charge in [-0.15, -0.1) is 0 Å². The number of fused-ring (bicyclic) bond motifs is 2. The van der Waals surface area contributed by atoms with Gasteiger partial charge in [-0.3, -0.25) is 0 Å². The van der Waals surface area contributed by atoms with E-state index in [1.54, 1.807) is 0 Å². The predicted octanol–water partition coefficient (Wildman–Crippen LogP) is 11.5. The van der Waals surface area contributed by atoms with Crippen LogP contribution in [0.1, 0.15) is 63.8 Å². The Morgan fingerprint density at radius 2 is 1.30 bits per heavy atom. The first-order valence-electron chi connectivity index (χ1n) is 18.1. The molecule has 7 rings (SSSR count). The Balaban J connectivity index is 1.40. The number of allylic oxidation sites excluding steroid dienone is 8. The Bertz CT molecular complexity index is 2100. The van der Waals surface area contributed by atoms with Gasteiger partial charge in [0, 0.05) is 52.4 Å². The first-order chi connectivity index (χ1) is 24.1. The minimum absolute atomic E-state index is 0.108. The highest BCUT2D eigenvalue weighted by Crippen LogP contribution is 2.48. The minimum atomic E-state index is -0.108. The first-order valence-corrected chi connectivity index (χ1v) is 18.1. The van der Waals surface area contributed by atoms with Crippen molar-refractivity contribution >= 4 is 28.5 Å². The van der Waals surface area contributed by atoms with Crippen LogP contribution in [0.2, 0.25) is 0 Å². The van der Waals surface area contributed by atoms with E-state index in [0.29, 0.717) is 0 Å². The highest BCUT2D eigenvalue weighted by Gasteiger charge is 2.44. The Kier molecular flexibility index (Phi) is 8.64. The maximum Gasteiger partial charge on any atom is 0.209 e. The van der Waals surface area contributed by atoms with Gasteiger partial charge in [-0.05, 0) is 107 Å². The summed E-state index contributed by atoms with van der Waals surface area (Å²) in [6, 6.07) is 35.3. The number of hydrogen-bond donors (Lipinski definition) is 0. The van der Waals surface area contributed by atoms with Gasteiger partial charge in [-0.2, -0.15) is 4.58 Å². The number of anilines is 3. The lowest BCUT2D eigenvalue weighted by Crippen LogP contribution is -2.27. The zero-order chi connectivity index (χ0) is 35.2. The lowest BCUT2D eigenvalue weighted by molar-refractivity contribution is -0.433. The molecule has 0 radical (unpaired) electrons. The second kappa shape index (κ2) is 12.9. The number of likely N-dealkylation sites (N-methyl/N-ethyl adjacent to an activating group) is 1. The van der Waals surface area contributed by atoms with E-state index in [0.717, 1.165) is 24.5 Å². The van der Waals surface area contributed by atoms with Crippen molar-refractivity contribution in [3.63, 3.8) is 0 Å². The van der Waals surface area contributed by atoms with Crippen LogP contribution in [0.3, 0.4) is 0 Å². The lowest BCUT2D eigenvalue weighted by Gasteiger charge is -2.29. The van der Waals surface area contributed by atoms with Crippen LogP contribution in [-0.4, -0.2) is 23.4 Å². The molecule has 0 unspecified atom stereocenters. The molecule has 3 nitrogen and oxygen atoms in total. The van der Waals surface area contributed by atoms with Crippen molar-refractivity contribution in [1.82, 2.24) is 0 Å². The molecule has 0 bridgehead atoms. The van der Waals surface area contributed by atoms with Crippen molar-refractivity contribution in [3.05, 3.63) is 178 Å². The maximum absolute atomic E-state index is 2.48. The Hall–Kier alpha value is -5.15. The van der Waals surface area contributed by atoms with Crippen LogP contribution in [0, 0.1) is 13.8 Å². The van der Waals surface area contributed by atoms with Crippen LogP contribution in [0.4, 0.5) is 22.7 Å². The van der Waals surface area contributed by atoms with Gasteiger partial charge in [0.1, 0.15) is 6.54 Å². The van der Waals surface area contributed by atoms with Gasteiger partial charge in [0.05, 0.1) is 11.1 Å². The van der Waals surface area contributed by atoms with Crippen molar-refractivity contribution in [1.29, 1.82) is 0 Å². The fourth-order valence-corrected chi connectivity index (χ4v) is 8.19. The third-order valence-electron chi connectivity index (χ3n) is 10.8. The summed E-state index contributed by atoms with van der Waals surface area (Å²) in [5.74, 6) is 0. The second-order valence-electron chi connectivity index (χ2n) is 14.8. The van der Waals surface area contributed by atoms with Crippen LogP contribution in [0.5, 0.6) is 0 Å². The lowest BCUT2D eigenvalue weighted by atomic mass is 9.80. The van der Waals surface area contributed by atoms with E-state index in [1.165, 1.54) is 61.9 Å². The highest BCUT2D eigenvalue weighted by atomic mass is 15.2. The molecule has 0 amide bonds. The molecular weight excluding hydrogens is 607 g/mol. The summed E-state index contributed by atoms with van der Waals surface area (Å²) in [5.41, 5.74) is 16.3. The molecule has 4 aromatic carbocycles. The van der Waals surface area contributed by atoms with Crippen LogP contribution in [0.25, 0.3) is 0 Å². The zero-order valence-electron chi connectivity index (χ0n) is 31.0. The summed E-state index contributed by atoms with van der Waals surface area (Å²) in [7, 11) is 0. The van der Waals surface area contributed by atoms with Crippen molar-refractivity contribution in [2.24, 2.45) is 0 Å². The molecule has 1 aliphatic carbocycles. The SMILES string of the molecule is CCN1/C(=C/C=C2\C=CC(/C=C/C3=[N+](CC)c4ccc(C)cc4C3(C)C)=C2N(c2ccccc2)c2ccccc2)C(C)(C)c2cc(C)ccc21. The monoisotopic (exact) mass is 656 g/mol. The summed E-state index contributed by atoms with van der Waals surface area (Å²) >= 11 is 0. The topological polar surface area (TPSA) is 9.49 Å². The molecule has 4 aromatic rings. The van der Waals surface area contributed by atoms with Gasteiger partial charge in [-0.25, -0.2) is 0 Å². The predicted molar refractivity (Wildman–Crippen MR) is 213 cm³/mol. The van der Waals surface area contributed by atoms with Crippen LogP contribution >= 0.6 is 0 Å². The van der Waals surface area contributed by atoms with Crippen molar-refractivity contribution in [2.45, 2.75) is 66.2 Å². The molecule has 0 fully saturated rings. The van der Waals surface area contributed by atoms with E-state index in [-0.39, 0.29) is 10.8 Å². The van der Waals surface area contributed by atoms with Crippen LogP contribution in [0.15, 0.2) is 156 Å². The molecule has 0 atom stereocenters. The van der Waals surface area contributed by atoms with E-state index < -0.39 is 0 Å². The Morgan fingerprint density at radius 3 is 1.92 bits per heavy atom. The Morgan fingerprint density at radius 1 is 0.680 bits per heavy atom. The molecule has 0 N–H and O–H groups in total. The fraction of sp³-hybridized carbons (Fsp3) is 0.255. The summed E-state index contributed by atoms with van der Waals surface area (Å²) in [6.07, 6.45) is 14.0. The van der Waals surface area contributed by atoms with Crippen molar-refractivity contribution in [3.8, 4) is 0 Å². The van der Waals surface area contributed by atoms with Gasteiger partial charge in [0.15, 0.2) is 5.71 Å². The molecule has 252 valence electrons. The molecular formula is C47H50N3+. The molecule has 0 spiro atoms. The molecule has 2 aliphatic heterocycles. The van der Waals surface area contributed by atoms with Crippen molar-refractivity contribution in [2.75, 3.05) is 22.9 Å². The first kappa shape index (κ1) is 33.4. The second-order valence-corrected chi connectivity index (χ2v) is 14.8. The summed E-state index contributed by atoms with van der Waals surface area (Å²) < 4.78 is 2.48. The average molecular weight is 657 g/mol. The molecule has 0 aromatic heterocycles. The number of rotatable bonds is 8. The third kappa shape index (κ3) is 5.59. The maximum atomic E-state index is 2.48. The van der Waals surface area contributed by atoms with Gasteiger partial charge in [0.2, 0.25) is 5.69 Å². The summed E-state index contributed by atoms with van der Waals surface area (Å²) in [5, 5.41) is 0. The number of aryl methyl sites for hydroxylation is 2. The van der Waals surface area contributed by atoms with Crippen LogP contribution in [-0.2, 0) is 10.8 Å². The van der Waals surface area contributed by atoms with E-state index in [1.807, 2.05) is 0 Å².